The van der Waals surface area contributed by atoms with Crippen LogP contribution in [0.3, 0.4) is 0 Å². The molecule has 21 heavy (non-hydrogen) atoms. The number of benzene rings is 1. The number of nitrogen functional groups attached to an aromatic ring is 1. The summed E-state index contributed by atoms with van der Waals surface area (Å²) < 4.78 is 0. The number of aromatic nitrogens is 1. The summed E-state index contributed by atoms with van der Waals surface area (Å²) in [6.07, 6.45) is 0. The number of nitriles is 1. The Kier molecular flexibility index (Phi) is 4.59. The molecule has 6 nitrogen and oxygen atoms in total. The van der Waals surface area contributed by atoms with Crippen molar-refractivity contribution >= 4 is 34.7 Å². The topological polar surface area (TPSA) is 104 Å². The van der Waals surface area contributed by atoms with E-state index in [0.717, 1.165) is 5.69 Å². The Labute approximate surface area is 126 Å². The van der Waals surface area contributed by atoms with Gasteiger partial charge in [0.1, 0.15) is 11.0 Å². The van der Waals surface area contributed by atoms with E-state index in [4.69, 9.17) is 22.6 Å². The van der Waals surface area contributed by atoms with E-state index in [9.17, 15) is 4.79 Å². The van der Waals surface area contributed by atoms with Gasteiger partial charge in [0.15, 0.2) is 0 Å². The average Bonchev–Trinajstić information content (AvgIpc) is 2.48. The van der Waals surface area contributed by atoms with E-state index >= 15 is 0 Å². The van der Waals surface area contributed by atoms with Crippen LogP contribution in [0.4, 0.5) is 17.2 Å². The van der Waals surface area contributed by atoms with Crippen LogP contribution in [0.2, 0.25) is 5.15 Å². The molecule has 0 atom stereocenters. The maximum Gasteiger partial charge on any atom is 0.243 e. The third-order valence-corrected chi connectivity index (χ3v) is 2.84. The number of rotatable bonds is 4. The number of carbonyl (C=O) groups excluding carboxylic acids is 1. The van der Waals surface area contributed by atoms with Gasteiger partial charge >= 0.3 is 0 Å². The fourth-order valence-electron chi connectivity index (χ4n) is 1.60. The van der Waals surface area contributed by atoms with Crippen molar-refractivity contribution in [3.8, 4) is 6.07 Å². The van der Waals surface area contributed by atoms with E-state index in [2.05, 4.69) is 15.6 Å². The van der Waals surface area contributed by atoms with Gasteiger partial charge in [-0.15, -0.1) is 0 Å². The second-order valence-corrected chi connectivity index (χ2v) is 4.54. The van der Waals surface area contributed by atoms with E-state index in [-0.39, 0.29) is 23.4 Å². The van der Waals surface area contributed by atoms with Gasteiger partial charge in [-0.3, -0.25) is 4.79 Å². The van der Waals surface area contributed by atoms with Crippen molar-refractivity contribution in [3.05, 3.63) is 47.1 Å². The molecule has 1 heterocycles. The smallest absolute Gasteiger partial charge is 0.243 e. The number of hydrogen-bond donors (Lipinski definition) is 3. The lowest BCUT2D eigenvalue weighted by Crippen LogP contribution is -2.22. The molecule has 0 fully saturated rings. The molecule has 7 heteroatoms. The van der Waals surface area contributed by atoms with Crippen molar-refractivity contribution < 1.29 is 4.79 Å². The Bertz CT molecular complexity index is 694. The Balaban J connectivity index is 1.91. The number of carbonyl (C=O) groups is 1. The summed E-state index contributed by atoms with van der Waals surface area (Å²) in [7, 11) is 0. The van der Waals surface area contributed by atoms with Crippen molar-refractivity contribution in [2.45, 2.75) is 0 Å². The molecule has 1 aromatic heterocycles. The van der Waals surface area contributed by atoms with Gasteiger partial charge in [0, 0.05) is 5.69 Å². The monoisotopic (exact) mass is 301 g/mol. The van der Waals surface area contributed by atoms with Gasteiger partial charge < -0.3 is 16.4 Å². The van der Waals surface area contributed by atoms with Gasteiger partial charge in [0.05, 0.1) is 23.9 Å². The van der Waals surface area contributed by atoms with Crippen molar-refractivity contribution in [3.63, 3.8) is 0 Å². The number of halogens is 1. The lowest BCUT2D eigenvalue weighted by Gasteiger charge is -2.09. The molecule has 0 spiro atoms. The second-order valence-electron chi connectivity index (χ2n) is 4.16. The SMILES string of the molecule is N#Cc1ccc(NCC(=O)Nc2ccc(Cl)nc2N)cc1. The van der Waals surface area contributed by atoms with Crippen LogP contribution in [0.5, 0.6) is 0 Å². The number of amides is 1. The molecule has 0 saturated carbocycles. The molecule has 1 aromatic carbocycles. The Morgan fingerprint density at radius 2 is 2.00 bits per heavy atom. The molecule has 2 aromatic rings. The van der Waals surface area contributed by atoms with Crippen LogP contribution >= 0.6 is 11.6 Å². The quantitative estimate of drug-likeness (QED) is 0.751. The van der Waals surface area contributed by atoms with E-state index in [1.54, 1.807) is 36.4 Å². The van der Waals surface area contributed by atoms with Gasteiger partial charge in [0.2, 0.25) is 5.91 Å². The Morgan fingerprint density at radius 1 is 1.29 bits per heavy atom. The highest BCUT2D eigenvalue weighted by atomic mass is 35.5. The number of nitrogens with two attached hydrogens (primary N) is 1. The van der Waals surface area contributed by atoms with E-state index < -0.39 is 0 Å². The van der Waals surface area contributed by atoms with Crippen molar-refractivity contribution in [1.82, 2.24) is 4.98 Å². The molecule has 4 N–H and O–H groups in total. The van der Waals surface area contributed by atoms with Crippen molar-refractivity contribution in [2.75, 3.05) is 22.9 Å². The number of anilines is 3. The first-order valence-corrected chi connectivity index (χ1v) is 6.42. The molecule has 0 aliphatic rings. The molecule has 0 unspecified atom stereocenters. The maximum absolute atomic E-state index is 11.8. The van der Waals surface area contributed by atoms with E-state index in [0.29, 0.717) is 11.3 Å². The summed E-state index contributed by atoms with van der Waals surface area (Å²) in [6, 6.07) is 11.9. The van der Waals surface area contributed by atoms with Gasteiger partial charge in [-0.25, -0.2) is 4.98 Å². The lowest BCUT2D eigenvalue weighted by atomic mass is 10.2. The molecular formula is C14H12ClN5O. The third-order valence-electron chi connectivity index (χ3n) is 2.63. The summed E-state index contributed by atoms with van der Waals surface area (Å²) in [5.41, 5.74) is 7.36. The first-order chi connectivity index (χ1) is 10.1. The van der Waals surface area contributed by atoms with Gasteiger partial charge in [-0.05, 0) is 36.4 Å². The summed E-state index contributed by atoms with van der Waals surface area (Å²) in [6.45, 7) is 0.0635. The van der Waals surface area contributed by atoms with Crippen LogP contribution in [0.15, 0.2) is 36.4 Å². The van der Waals surface area contributed by atoms with E-state index in [1.165, 1.54) is 0 Å². The fraction of sp³-hybridized carbons (Fsp3) is 0.0714. The Morgan fingerprint density at radius 3 is 2.62 bits per heavy atom. The van der Waals surface area contributed by atoms with Crippen LogP contribution in [0.1, 0.15) is 5.56 Å². The molecule has 0 bridgehead atoms. The molecule has 0 saturated heterocycles. The zero-order valence-corrected chi connectivity index (χ0v) is 11.7. The summed E-state index contributed by atoms with van der Waals surface area (Å²) >= 11 is 5.68. The van der Waals surface area contributed by atoms with Crippen molar-refractivity contribution in [2.24, 2.45) is 0 Å². The first kappa shape index (κ1) is 14.6. The highest BCUT2D eigenvalue weighted by molar-refractivity contribution is 6.29. The number of pyridine rings is 1. The number of nitrogens with one attached hydrogen (secondary N) is 2. The molecule has 1 amide bonds. The van der Waals surface area contributed by atoms with E-state index in [1.807, 2.05) is 6.07 Å². The third kappa shape index (κ3) is 4.09. The number of nitrogens with zero attached hydrogens (tertiary/aromatic N) is 2. The molecular weight excluding hydrogens is 290 g/mol. The summed E-state index contributed by atoms with van der Waals surface area (Å²) in [5, 5.41) is 14.5. The molecule has 0 radical (unpaired) electrons. The molecule has 106 valence electrons. The van der Waals surface area contributed by atoms with Crippen molar-refractivity contribution in [1.29, 1.82) is 5.26 Å². The van der Waals surface area contributed by atoms with Gasteiger partial charge in [-0.1, -0.05) is 11.6 Å². The van der Waals surface area contributed by atoms with Crippen LogP contribution in [0, 0.1) is 11.3 Å². The molecule has 2 rings (SSSR count). The minimum Gasteiger partial charge on any atom is -0.382 e. The minimum atomic E-state index is -0.268. The highest BCUT2D eigenvalue weighted by Gasteiger charge is 2.06. The zero-order valence-electron chi connectivity index (χ0n) is 10.9. The van der Waals surface area contributed by atoms with Crippen LogP contribution in [-0.2, 0) is 4.79 Å². The maximum atomic E-state index is 11.8. The normalized spacial score (nSPS) is 9.71. The lowest BCUT2D eigenvalue weighted by molar-refractivity contribution is -0.114. The predicted octanol–water partition coefficient (Wildman–Crippen LogP) is 2.24. The predicted molar refractivity (Wildman–Crippen MR) is 81.9 cm³/mol. The summed E-state index contributed by atoms with van der Waals surface area (Å²) in [4.78, 5) is 15.6. The molecule has 0 aliphatic heterocycles. The molecule has 0 aliphatic carbocycles. The van der Waals surface area contributed by atoms with Crippen LogP contribution in [0.25, 0.3) is 0 Å². The highest BCUT2D eigenvalue weighted by Crippen LogP contribution is 2.18. The average molecular weight is 302 g/mol. The standard InChI is InChI=1S/C14H12ClN5O/c15-12-6-5-11(14(17)20-12)19-13(21)8-18-10-3-1-9(7-16)2-4-10/h1-6,18H,8H2,(H2,17,20)(H,19,21). The minimum absolute atomic E-state index is 0.0635. The Hall–Kier alpha value is -2.78. The van der Waals surface area contributed by atoms with Crippen LogP contribution in [-0.4, -0.2) is 17.4 Å². The fourth-order valence-corrected chi connectivity index (χ4v) is 1.75. The number of hydrogen-bond acceptors (Lipinski definition) is 5. The zero-order chi connectivity index (χ0) is 15.2. The van der Waals surface area contributed by atoms with Crippen LogP contribution < -0.4 is 16.4 Å². The first-order valence-electron chi connectivity index (χ1n) is 6.04. The second kappa shape index (κ2) is 6.59. The van der Waals surface area contributed by atoms with Gasteiger partial charge in [0.25, 0.3) is 0 Å². The summed E-state index contributed by atoms with van der Waals surface area (Å²) in [5.74, 6) is -0.107. The van der Waals surface area contributed by atoms with Gasteiger partial charge in [-0.2, -0.15) is 5.26 Å². The largest absolute Gasteiger partial charge is 0.382 e.